The summed E-state index contributed by atoms with van der Waals surface area (Å²) >= 11 is 0. The van der Waals surface area contributed by atoms with Gasteiger partial charge in [-0.05, 0) is 36.3 Å². The van der Waals surface area contributed by atoms with Gasteiger partial charge in [0.15, 0.2) is 0 Å². The fourth-order valence-corrected chi connectivity index (χ4v) is 2.54. The maximum atomic E-state index is 9.96. The van der Waals surface area contributed by atoms with E-state index in [-0.39, 0.29) is 6.61 Å². The van der Waals surface area contributed by atoms with Gasteiger partial charge in [-0.3, -0.25) is 0 Å². The zero-order chi connectivity index (χ0) is 15.3. The van der Waals surface area contributed by atoms with Crippen molar-refractivity contribution in [2.45, 2.75) is 32.8 Å². The van der Waals surface area contributed by atoms with Crippen LogP contribution in [0.3, 0.4) is 0 Å². The van der Waals surface area contributed by atoms with Crippen LogP contribution in [-0.4, -0.2) is 30.9 Å². The van der Waals surface area contributed by atoms with E-state index in [1.165, 1.54) is 12.8 Å². The van der Waals surface area contributed by atoms with Gasteiger partial charge in [-0.2, -0.15) is 5.26 Å². The minimum atomic E-state index is -0.570. The van der Waals surface area contributed by atoms with Crippen molar-refractivity contribution >= 4 is 0 Å². The lowest BCUT2D eigenvalue weighted by molar-refractivity contribution is 0.104. The molecular formula is C17H24N2O2. The van der Waals surface area contributed by atoms with Crippen LogP contribution in [0, 0.1) is 22.7 Å². The number of benzene rings is 1. The maximum absolute atomic E-state index is 9.96. The Morgan fingerprint density at radius 2 is 2.10 bits per heavy atom. The summed E-state index contributed by atoms with van der Waals surface area (Å²) in [4.78, 5) is 0. The number of aliphatic hydroxyl groups is 1. The Morgan fingerprint density at radius 3 is 2.71 bits per heavy atom. The van der Waals surface area contributed by atoms with Crippen LogP contribution in [0.2, 0.25) is 0 Å². The van der Waals surface area contributed by atoms with Gasteiger partial charge < -0.3 is 15.2 Å². The molecule has 0 amide bonds. The molecule has 1 atom stereocenters. The first-order chi connectivity index (χ1) is 10.1. The first-order valence-corrected chi connectivity index (χ1v) is 7.58. The molecule has 4 nitrogen and oxygen atoms in total. The van der Waals surface area contributed by atoms with E-state index in [4.69, 9.17) is 10.00 Å². The Labute approximate surface area is 126 Å². The first kappa shape index (κ1) is 15.8. The van der Waals surface area contributed by atoms with E-state index < -0.39 is 6.10 Å². The highest BCUT2D eigenvalue weighted by molar-refractivity contribution is 5.42. The summed E-state index contributed by atoms with van der Waals surface area (Å²) in [6, 6.07) is 9.15. The molecule has 0 aliphatic heterocycles. The Hall–Kier alpha value is -1.57. The van der Waals surface area contributed by atoms with Crippen molar-refractivity contribution in [3.8, 4) is 11.8 Å². The van der Waals surface area contributed by atoms with Gasteiger partial charge in [0.2, 0.25) is 0 Å². The summed E-state index contributed by atoms with van der Waals surface area (Å²) < 4.78 is 5.52. The molecule has 0 saturated heterocycles. The molecule has 1 aromatic rings. The Kier molecular flexibility index (Phi) is 5.22. The molecule has 0 bridgehead atoms. The van der Waals surface area contributed by atoms with Crippen LogP contribution in [0.4, 0.5) is 0 Å². The number of ether oxygens (including phenoxy) is 1. The van der Waals surface area contributed by atoms with E-state index >= 15 is 0 Å². The lowest BCUT2D eigenvalue weighted by atomic mass is 9.92. The van der Waals surface area contributed by atoms with E-state index in [1.54, 1.807) is 18.2 Å². The number of hydrogen-bond donors (Lipinski definition) is 2. The quantitative estimate of drug-likeness (QED) is 0.770. The van der Waals surface area contributed by atoms with Crippen LogP contribution >= 0.6 is 0 Å². The first-order valence-electron chi connectivity index (χ1n) is 7.58. The molecule has 0 heterocycles. The number of nitrogens with one attached hydrogen (secondary N) is 1. The molecule has 0 aromatic heterocycles. The van der Waals surface area contributed by atoms with E-state index in [9.17, 15) is 5.11 Å². The molecule has 1 aromatic carbocycles. The third kappa shape index (κ3) is 4.20. The molecular weight excluding hydrogens is 264 g/mol. The molecule has 0 spiro atoms. The lowest BCUT2D eigenvalue weighted by Gasteiger charge is -2.21. The predicted molar refractivity (Wildman–Crippen MR) is 82.0 cm³/mol. The molecule has 114 valence electrons. The second kappa shape index (κ2) is 6.93. The summed E-state index contributed by atoms with van der Waals surface area (Å²) in [5.74, 6) is 1.21. The molecule has 1 aliphatic carbocycles. The van der Waals surface area contributed by atoms with Gasteiger partial charge in [0, 0.05) is 13.1 Å². The van der Waals surface area contributed by atoms with Gasteiger partial charge in [-0.15, -0.1) is 0 Å². The zero-order valence-corrected chi connectivity index (χ0v) is 12.8. The average Bonchev–Trinajstić information content (AvgIpc) is 3.26. The second-order valence-corrected chi connectivity index (χ2v) is 6.22. The third-order valence-corrected chi connectivity index (χ3v) is 4.41. The standard InChI is InChI=1S/C17H24N2O2/c1-13(2)17(7-8-17)12-19-10-15(20)11-21-16-6-4-3-5-14(16)9-18/h3-6,13,15,19-20H,7-8,10-12H2,1-2H3. The molecule has 4 heteroatoms. The number of nitrogens with zero attached hydrogens (tertiary/aromatic N) is 1. The van der Waals surface area contributed by atoms with Crippen LogP contribution in [0.5, 0.6) is 5.75 Å². The topological polar surface area (TPSA) is 65.3 Å². The largest absolute Gasteiger partial charge is 0.489 e. The van der Waals surface area contributed by atoms with Crippen LogP contribution in [0.15, 0.2) is 24.3 Å². The van der Waals surface area contributed by atoms with Crippen molar-refractivity contribution < 1.29 is 9.84 Å². The molecule has 21 heavy (non-hydrogen) atoms. The summed E-state index contributed by atoms with van der Waals surface area (Å²) in [5.41, 5.74) is 0.933. The van der Waals surface area contributed by atoms with E-state index in [2.05, 4.69) is 25.2 Å². The molecule has 1 saturated carbocycles. The zero-order valence-electron chi connectivity index (χ0n) is 12.8. The van der Waals surface area contributed by atoms with Gasteiger partial charge in [0.1, 0.15) is 24.5 Å². The van der Waals surface area contributed by atoms with E-state index in [1.807, 2.05) is 6.07 Å². The van der Waals surface area contributed by atoms with Gasteiger partial charge >= 0.3 is 0 Å². The van der Waals surface area contributed by atoms with Gasteiger partial charge in [0.05, 0.1) is 5.56 Å². The number of rotatable bonds is 8. The summed E-state index contributed by atoms with van der Waals surface area (Å²) in [6.07, 6.45) is 1.99. The summed E-state index contributed by atoms with van der Waals surface area (Å²) in [5, 5.41) is 22.3. The molecule has 2 rings (SSSR count). The van der Waals surface area contributed by atoms with Crippen LogP contribution in [-0.2, 0) is 0 Å². The number of para-hydroxylation sites is 1. The summed E-state index contributed by atoms with van der Waals surface area (Å²) in [7, 11) is 0. The Morgan fingerprint density at radius 1 is 1.38 bits per heavy atom. The fourth-order valence-electron chi connectivity index (χ4n) is 2.54. The van der Waals surface area contributed by atoms with Gasteiger partial charge in [0.25, 0.3) is 0 Å². The average molecular weight is 288 g/mol. The van der Waals surface area contributed by atoms with Crippen molar-refractivity contribution in [3.05, 3.63) is 29.8 Å². The van der Waals surface area contributed by atoms with Crippen molar-refractivity contribution in [2.75, 3.05) is 19.7 Å². The van der Waals surface area contributed by atoms with Crippen molar-refractivity contribution in [3.63, 3.8) is 0 Å². The third-order valence-electron chi connectivity index (χ3n) is 4.41. The minimum absolute atomic E-state index is 0.195. The second-order valence-electron chi connectivity index (χ2n) is 6.22. The van der Waals surface area contributed by atoms with Gasteiger partial charge in [-0.1, -0.05) is 26.0 Å². The molecule has 1 aliphatic rings. The van der Waals surface area contributed by atoms with Crippen LogP contribution in [0.1, 0.15) is 32.3 Å². The van der Waals surface area contributed by atoms with Crippen molar-refractivity contribution in [1.82, 2.24) is 5.32 Å². The minimum Gasteiger partial charge on any atom is -0.489 e. The van der Waals surface area contributed by atoms with Crippen molar-refractivity contribution in [2.24, 2.45) is 11.3 Å². The monoisotopic (exact) mass is 288 g/mol. The Bertz CT molecular complexity index is 504. The van der Waals surface area contributed by atoms with Crippen molar-refractivity contribution in [1.29, 1.82) is 5.26 Å². The fraction of sp³-hybridized carbons (Fsp3) is 0.588. The Balaban J connectivity index is 1.71. The SMILES string of the molecule is CC(C)C1(CNCC(O)COc2ccccc2C#N)CC1. The molecule has 1 unspecified atom stereocenters. The summed E-state index contributed by atoms with van der Waals surface area (Å²) in [6.45, 7) is 6.18. The van der Waals surface area contributed by atoms with E-state index in [0.29, 0.717) is 29.2 Å². The van der Waals surface area contributed by atoms with Gasteiger partial charge in [-0.25, -0.2) is 0 Å². The van der Waals surface area contributed by atoms with Crippen LogP contribution < -0.4 is 10.1 Å². The van der Waals surface area contributed by atoms with E-state index in [0.717, 1.165) is 6.54 Å². The highest BCUT2D eigenvalue weighted by Crippen LogP contribution is 2.51. The number of nitriles is 1. The predicted octanol–water partition coefficient (Wildman–Crippen LogP) is 2.32. The number of aliphatic hydroxyl groups excluding tert-OH is 1. The molecule has 1 fully saturated rings. The lowest BCUT2D eigenvalue weighted by Crippen LogP contribution is -2.36. The maximum Gasteiger partial charge on any atom is 0.137 e. The normalized spacial score (nSPS) is 17.3. The van der Waals surface area contributed by atoms with Crippen LogP contribution in [0.25, 0.3) is 0 Å². The smallest absolute Gasteiger partial charge is 0.137 e. The highest BCUT2D eigenvalue weighted by atomic mass is 16.5. The highest BCUT2D eigenvalue weighted by Gasteiger charge is 2.44. The molecule has 0 radical (unpaired) electrons. The molecule has 2 N–H and O–H groups in total. The number of hydrogen-bond acceptors (Lipinski definition) is 4.